The number of hydrogen-bond donors (Lipinski definition) is 15. The Morgan fingerprint density at radius 3 is 1.36 bits per heavy atom. The number of aliphatic hydroxyl groups excluding tert-OH is 1. The zero-order valence-electron chi connectivity index (χ0n) is 33.4. The number of hydrogen-bond acceptors (Lipinski definition) is 15. The second-order valence-electron chi connectivity index (χ2n) is 13.6. The van der Waals surface area contributed by atoms with Crippen LogP contribution in [0.1, 0.15) is 77.6 Å². The van der Waals surface area contributed by atoms with E-state index in [2.05, 4.69) is 31.9 Å². The Bertz CT molecular complexity index is 1600. The van der Waals surface area contributed by atoms with Crippen molar-refractivity contribution in [3.05, 3.63) is 0 Å². The third-order valence-corrected chi connectivity index (χ3v) is 8.48. The van der Waals surface area contributed by atoms with E-state index in [1.54, 1.807) is 0 Å². The molecule has 0 saturated heterocycles. The molecular formula is C34H57N11O16. The smallest absolute Gasteiger partial charge is 0.328 e. The van der Waals surface area contributed by atoms with E-state index in [9.17, 15) is 67.7 Å². The fourth-order valence-electron chi connectivity index (χ4n) is 5.05. The average Bonchev–Trinajstić information content (AvgIpc) is 3.18. The van der Waals surface area contributed by atoms with Crippen molar-refractivity contribution < 1.29 is 78.0 Å². The Hall–Kier alpha value is -6.48. The number of primary amides is 2. The molecule has 0 aliphatic heterocycles. The predicted octanol–water partition coefficient (Wildman–Crippen LogP) is -7.17. The predicted molar refractivity (Wildman–Crippen MR) is 206 cm³/mol. The van der Waals surface area contributed by atoms with E-state index in [0.29, 0.717) is 6.42 Å². The summed E-state index contributed by atoms with van der Waals surface area (Å²) in [5, 5.41) is 52.0. The average molecular weight is 876 g/mol. The van der Waals surface area contributed by atoms with Crippen molar-refractivity contribution in [3.63, 3.8) is 0 Å². The van der Waals surface area contributed by atoms with E-state index in [0.717, 1.165) is 0 Å². The first-order chi connectivity index (χ1) is 28.5. The first-order valence-corrected chi connectivity index (χ1v) is 18.9. The maximum atomic E-state index is 13.6. The molecule has 27 heteroatoms. The SMILES string of the molecule is CC(NC(=O)C(CCC(N)=O)NC(=O)C(CCCCN)NC(=O)C(CCC(=O)O)NC(=O)C(N)CCC(N)=O)C(=O)NCC(=O)NC(CCC(=O)O)C(=O)NC(CO)C(=O)O. The normalized spacial score (nSPS) is 14.2. The van der Waals surface area contributed by atoms with Gasteiger partial charge < -0.3 is 80.6 Å². The molecule has 0 aliphatic rings. The summed E-state index contributed by atoms with van der Waals surface area (Å²) in [5.41, 5.74) is 21.7. The Labute approximate surface area is 348 Å². The highest BCUT2D eigenvalue weighted by atomic mass is 16.4. The summed E-state index contributed by atoms with van der Waals surface area (Å²) in [7, 11) is 0. The molecule has 0 aromatic carbocycles. The number of unbranched alkanes of at least 4 members (excludes halogenated alkanes) is 1. The van der Waals surface area contributed by atoms with Crippen LogP contribution < -0.4 is 60.2 Å². The molecule has 61 heavy (non-hydrogen) atoms. The zero-order valence-corrected chi connectivity index (χ0v) is 33.4. The number of carboxylic acids is 3. The summed E-state index contributed by atoms with van der Waals surface area (Å²) in [6, 6.07) is -10.7. The van der Waals surface area contributed by atoms with Gasteiger partial charge in [0, 0.05) is 25.7 Å². The van der Waals surface area contributed by atoms with Gasteiger partial charge in [0.25, 0.3) is 0 Å². The van der Waals surface area contributed by atoms with Crippen molar-refractivity contribution in [2.24, 2.45) is 22.9 Å². The molecule has 0 rings (SSSR count). The lowest BCUT2D eigenvalue weighted by atomic mass is 10.0. The fraction of sp³-hybridized carbons (Fsp3) is 0.647. The van der Waals surface area contributed by atoms with Crippen LogP contribution in [0.5, 0.6) is 0 Å². The molecular weight excluding hydrogens is 818 g/mol. The first-order valence-electron chi connectivity index (χ1n) is 18.9. The van der Waals surface area contributed by atoms with Crippen LogP contribution in [0, 0.1) is 0 Å². The van der Waals surface area contributed by atoms with Gasteiger partial charge in [-0.3, -0.25) is 52.7 Å². The molecule has 0 radical (unpaired) electrons. The zero-order chi connectivity index (χ0) is 46.8. The highest BCUT2D eigenvalue weighted by Gasteiger charge is 2.32. The third-order valence-electron chi connectivity index (χ3n) is 8.48. The Morgan fingerprint density at radius 1 is 0.508 bits per heavy atom. The highest BCUT2D eigenvalue weighted by molar-refractivity contribution is 5.97. The molecule has 0 aromatic heterocycles. The molecule has 7 unspecified atom stereocenters. The molecule has 27 nitrogen and oxygen atoms in total. The number of nitrogens with one attached hydrogen (secondary N) is 7. The number of carbonyl (C=O) groups is 12. The summed E-state index contributed by atoms with van der Waals surface area (Å²) in [6.45, 7) is -0.497. The van der Waals surface area contributed by atoms with Crippen LogP contribution in [0.3, 0.4) is 0 Å². The standard InChI is InChI=1S/C34H57N11O16/c1-16(28(54)39-14-25(49)41-19(7-11-26(50)51)32(58)45-22(15-46)34(60)61)40-30(56)20(6-10-24(38)48)44-31(57)18(4-2-3-13-35)43-33(59)21(8-12-27(52)53)42-29(55)17(36)5-9-23(37)47/h16-22,46H,2-15,35-36H2,1H3,(H2,37,47)(H2,38,48)(H,39,54)(H,40,56)(H,41,49)(H,42,55)(H,43,59)(H,44,57)(H,45,58)(H,50,51)(H,52,53)(H,60,61). The van der Waals surface area contributed by atoms with Gasteiger partial charge in [0.15, 0.2) is 0 Å². The number of carbonyl (C=O) groups excluding carboxylic acids is 9. The van der Waals surface area contributed by atoms with Gasteiger partial charge in [-0.2, -0.15) is 0 Å². The summed E-state index contributed by atoms with van der Waals surface area (Å²) >= 11 is 0. The molecule has 344 valence electrons. The minimum Gasteiger partial charge on any atom is -0.481 e. The second-order valence-corrected chi connectivity index (χ2v) is 13.6. The van der Waals surface area contributed by atoms with E-state index in [4.69, 9.17) is 33.1 Å². The van der Waals surface area contributed by atoms with Gasteiger partial charge in [-0.1, -0.05) is 0 Å². The third kappa shape index (κ3) is 23.6. The fourth-order valence-corrected chi connectivity index (χ4v) is 5.05. The molecule has 0 saturated carbocycles. The van der Waals surface area contributed by atoms with Gasteiger partial charge in [0.05, 0.1) is 19.2 Å². The Kier molecular flexibility index (Phi) is 25.8. The van der Waals surface area contributed by atoms with Crippen LogP contribution in [-0.2, 0) is 57.5 Å². The lowest BCUT2D eigenvalue weighted by Crippen LogP contribution is -2.59. The van der Waals surface area contributed by atoms with Crippen molar-refractivity contribution in [3.8, 4) is 0 Å². The number of carboxylic acid groups (broad SMARTS) is 3. The number of aliphatic hydroxyl groups is 1. The number of rotatable bonds is 32. The Morgan fingerprint density at radius 2 is 0.918 bits per heavy atom. The molecule has 0 heterocycles. The summed E-state index contributed by atoms with van der Waals surface area (Å²) in [4.78, 5) is 147. The van der Waals surface area contributed by atoms with E-state index >= 15 is 0 Å². The van der Waals surface area contributed by atoms with Crippen LogP contribution in [-0.4, -0.2) is 153 Å². The molecule has 7 atom stereocenters. The number of nitrogens with two attached hydrogens (primary N) is 4. The van der Waals surface area contributed by atoms with Gasteiger partial charge in [-0.15, -0.1) is 0 Å². The van der Waals surface area contributed by atoms with Gasteiger partial charge in [-0.05, 0) is 58.4 Å². The van der Waals surface area contributed by atoms with E-state index < -0.39 is 165 Å². The van der Waals surface area contributed by atoms with E-state index in [-0.39, 0.29) is 32.2 Å². The molecule has 0 aromatic rings. The Balaban J connectivity index is 5.97. The van der Waals surface area contributed by atoms with Gasteiger partial charge >= 0.3 is 17.9 Å². The van der Waals surface area contributed by atoms with Gasteiger partial charge in [0.2, 0.25) is 53.2 Å². The highest BCUT2D eigenvalue weighted by Crippen LogP contribution is 2.08. The number of aliphatic carboxylic acids is 3. The quantitative estimate of drug-likeness (QED) is 0.0279. The minimum atomic E-state index is -1.77. The molecule has 0 bridgehead atoms. The van der Waals surface area contributed by atoms with Crippen molar-refractivity contribution in [2.45, 2.75) is 120 Å². The maximum absolute atomic E-state index is 13.6. The largest absolute Gasteiger partial charge is 0.481 e. The van der Waals surface area contributed by atoms with Gasteiger partial charge in [-0.25, -0.2) is 4.79 Å². The topological polar surface area (TPSA) is 474 Å². The van der Waals surface area contributed by atoms with Crippen LogP contribution in [0.2, 0.25) is 0 Å². The van der Waals surface area contributed by atoms with Crippen LogP contribution >= 0.6 is 0 Å². The summed E-state index contributed by atoms with van der Waals surface area (Å²) in [6.07, 6.45) is -2.98. The monoisotopic (exact) mass is 875 g/mol. The summed E-state index contributed by atoms with van der Waals surface area (Å²) < 4.78 is 0. The van der Waals surface area contributed by atoms with Crippen molar-refractivity contribution in [1.82, 2.24) is 37.2 Å². The minimum absolute atomic E-state index is 0.0854. The van der Waals surface area contributed by atoms with Crippen molar-refractivity contribution in [2.75, 3.05) is 19.7 Å². The maximum Gasteiger partial charge on any atom is 0.328 e. The second kappa shape index (κ2) is 28.9. The van der Waals surface area contributed by atoms with E-state index in [1.807, 2.05) is 5.32 Å². The van der Waals surface area contributed by atoms with Crippen LogP contribution in [0.25, 0.3) is 0 Å². The molecule has 0 fully saturated rings. The van der Waals surface area contributed by atoms with Crippen molar-refractivity contribution >= 4 is 71.1 Å². The number of amides is 9. The first kappa shape index (κ1) is 54.5. The van der Waals surface area contributed by atoms with E-state index in [1.165, 1.54) is 6.92 Å². The van der Waals surface area contributed by atoms with Crippen molar-refractivity contribution in [1.29, 1.82) is 0 Å². The molecule has 9 amide bonds. The molecule has 0 aliphatic carbocycles. The lowest BCUT2D eigenvalue weighted by molar-refractivity contribution is -0.144. The molecule has 19 N–H and O–H groups in total. The van der Waals surface area contributed by atoms with Gasteiger partial charge in [0.1, 0.15) is 36.3 Å². The lowest BCUT2D eigenvalue weighted by Gasteiger charge is -2.26. The van der Waals surface area contributed by atoms with Crippen LogP contribution in [0.15, 0.2) is 0 Å². The summed E-state index contributed by atoms with van der Waals surface area (Å²) in [5.74, 6) is -13.1. The van der Waals surface area contributed by atoms with Crippen LogP contribution in [0.4, 0.5) is 0 Å². The molecule has 0 spiro atoms.